The number of halogens is 3. The second-order valence-corrected chi connectivity index (χ2v) is 7.70. The number of nitrogen functional groups attached to an aromatic ring is 1. The second kappa shape index (κ2) is 7.95. The Morgan fingerprint density at radius 1 is 1.10 bits per heavy atom. The molecule has 1 aliphatic heterocycles. The van der Waals surface area contributed by atoms with Crippen LogP contribution in [0.2, 0.25) is 0 Å². The van der Waals surface area contributed by atoms with Gasteiger partial charge < -0.3 is 21.1 Å². The van der Waals surface area contributed by atoms with Crippen molar-refractivity contribution in [3.05, 3.63) is 70.2 Å². The number of hydrogen-bond acceptors (Lipinski definition) is 5. The number of ether oxygens (including phenoxy) is 1. The number of nitrogens with zero attached hydrogens (tertiary/aromatic N) is 1. The predicted octanol–water partition coefficient (Wildman–Crippen LogP) is 5.08. The molecule has 1 aliphatic rings. The molecule has 0 saturated carbocycles. The van der Waals surface area contributed by atoms with Gasteiger partial charge in [0, 0.05) is 27.9 Å². The Morgan fingerprint density at radius 3 is 2.42 bits per heavy atom. The van der Waals surface area contributed by atoms with Crippen LogP contribution in [0, 0.1) is 0 Å². The van der Waals surface area contributed by atoms with Gasteiger partial charge in [0.1, 0.15) is 10.8 Å². The van der Waals surface area contributed by atoms with E-state index in [-0.39, 0.29) is 5.75 Å². The maximum absolute atomic E-state index is 12.4. The van der Waals surface area contributed by atoms with Crippen LogP contribution in [-0.2, 0) is 0 Å². The highest BCUT2D eigenvalue weighted by Crippen LogP contribution is 2.38. The summed E-state index contributed by atoms with van der Waals surface area (Å²) in [5.41, 5.74) is 9.98. The van der Waals surface area contributed by atoms with E-state index in [0.717, 1.165) is 16.8 Å². The molecule has 1 atom stereocenters. The van der Waals surface area contributed by atoms with Crippen molar-refractivity contribution in [2.75, 3.05) is 5.73 Å². The maximum atomic E-state index is 12.4. The third kappa shape index (κ3) is 4.64. The Morgan fingerprint density at radius 2 is 1.77 bits per heavy atom. The van der Waals surface area contributed by atoms with Crippen molar-refractivity contribution in [3.63, 3.8) is 0 Å². The SMILES string of the molecule is CC1=C(c2nc(-c3ccc(N)cc3)cs2)C(c2ccc(OC(F)(F)F)cc2)NC(=O)N1. The molecule has 0 bridgehead atoms. The molecule has 1 unspecified atom stereocenters. The van der Waals surface area contributed by atoms with Crippen LogP contribution < -0.4 is 21.1 Å². The monoisotopic (exact) mass is 446 g/mol. The highest BCUT2D eigenvalue weighted by molar-refractivity contribution is 7.11. The van der Waals surface area contributed by atoms with Crippen LogP contribution in [0.1, 0.15) is 23.5 Å². The molecule has 1 aromatic heterocycles. The number of amides is 2. The minimum Gasteiger partial charge on any atom is -0.406 e. The second-order valence-electron chi connectivity index (χ2n) is 6.85. The molecule has 0 aliphatic carbocycles. The fourth-order valence-electron chi connectivity index (χ4n) is 3.27. The Kier molecular flexibility index (Phi) is 5.32. The summed E-state index contributed by atoms with van der Waals surface area (Å²) in [5, 5.41) is 8.12. The Bertz CT molecular complexity index is 1140. The number of thiazole rings is 1. The summed E-state index contributed by atoms with van der Waals surface area (Å²) >= 11 is 1.40. The summed E-state index contributed by atoms with van der Waals surface area (Å²) in [4.78, 5) is 16.8. The number of anilines is 1. The van der Waals surface area contributed by atoms with Crippen molar-refractivity contribution in [2.45, 2.75) is 19.3 Å². The number of carbonyl (C=O) groups excluding carboxylic acids is 1. The number of rotatable bonds is 4. The van der Waals surface area contributed by atoms with E-state index in [4.69, 9.17) is 10.7 Å². The van der Waals surface area contributed by atoms with Gasteiger partial charge in [0.05, 0.1) is 11.7 Å². The number of nitrogens with one attached hydrogen (secondary N) is 2. The van der Waals surface area contributed by atoms with Gasteiger partial charge in [-0.15, -0.1) is 24.5 Å². The van der Waals surface area contributed by atoms with Crippen LogP contribution in [0.15, 0.2) is 59.6 Å². The van der Waals surface area contributed by atoms with E-state index >= 15 is 0 Å². The number of nitrogens with two attached hydrogens (primary N) is 1. The number of aromatic nitrogens is 1. The zero-order valence-corrected chi connectivity index (χ0v) is 17.0. The number of alkyl halides is 3. The lowest BCUT2D eigenvalue weighted by Crippen LogP contribution is -2.42. The molecule has 2 aromatic carbocycles. The van der Waals surface area contributed by atoms with Crippen molar-refractivity contribution in [3.8, 4) is 17.0 Å². The van der Waals surface area contributed by atoms with Gasteiger partial charge in [-0.1, -0.05) is 24.3 Å². The van der Waals surface area contributed by atoms with E-state index in [1.807, 2.05) is 17.5 Å². The van der Waals surface area contributed by atoms with Crippen LogP contribution >= 0.6 is 11.3 Å². The van der Waals surface area contributed by atoms with Crippen molar-refractivity contribution in [1.29, 1.82) is 0 Å². The molecule has 160 valence electrons. The van der Waals surface area contributed by atoms with Crippen molar-refractivity contribution < 1.29 is 22.7 Å². The summed E-state index contributed by atoms with van der Waals surface area (Å²) in [7, 11) is 0. The molecule has 0 radical (unpaired) electrons. The first kappa shape index (κ1) is 20.7. The molecule has 31 heavy (non-hydrogen) atoms. The lowest BCUT2D eigenvalue weighted by Gasteiger charge is -2.28. The molecule has 3 aromatic rings. The molecule has 2 heterocycles. The third-order valence-electron chi connectivity index (χ3n) is 4.66. The van der Waals surface area contributed by atoms with Gasteiger partial charge >= 0.3 is 12.4 Å². The normalized spacial score (nSPS) is 16.6. The number of hydrogen-bond donors (Lipinski definition) is 3. The average Bonchev–Trinajstić information content (AvgIpc) is 3.17. The lowest BCUT2D eigenvalue weighted by atomic mass is 9.96. The standard InChI is InChI=1S/C21H17F3N4O2S/c1-11-17(19-27-16(10-31-19)12-2-6-14(25)7-3-12)18(28-20(29)26-11)13-4-8-15(9-5-13)30-21(22,23)24/h2-10,18H,25H2,1H3,(H2,26,28,29). The quantitative estimate of drug-likeness (QED) is 0.488. The molecule has 0 spiro atoms. The molecular formula is C21H17F3N4O2S. The summed E-state index contributed by atoms with van der Waals surface area (Å²) in [5.74, 6) is -0.335. The van der Waals surface area contributed by atoms with Gasteiger partial charge in [-0.05, 0) is 36.8 Å². The van der Waals surface area contributed by atoms with E-state index < -0.39 is 18.4 Å². The van der Waals surface area contributed by atoms with Crippen molar-refractivity contribution in [2.24, 2.45) is 0 Å². The van der Waals surface area contributed by atoms with Crippen molar-refractivity contribution in [1.82, 2.24) is 15.6 Å². The third-order valence-corrected chi connectivity index (χ3v) is 5.53. The fraction of sp³-hybridized carbons (Fsp3) is 0.143. The largest absolute Gasteiger partial charge is 0.573 e. The van der Waals surface area contributed by atoms with Crippen LogP contribution in [-0.4, -0.2) is 17.4 Å². The molecular weight excluding hydrogens is 429 g/mol. The highest BCUT2D eigenvalue weighted by Gasteiger charge is 2.32. The molecule has 2 amide bonds. The number of urea groups is 1. The molecule has 0 fully saturated rings. The fourth-order valence-corrected chi connectivity index (χ4v) is 4.23. The molecule has 6 nitrogen and oxygen atoms in total. The first-order valence-corrected chi connectivity index (χ1v) is 10.0. The van der Waals surface area contributed by atoms with Gasteiger partial charge in [-0.2, -0.15) is 0 Å². The zero-order valence-electron chi connectivity index (χ0n) is 16.2. The minimum absolute atomic E-state index is 0.335. The summed E-state index contributed by atoms with van der Waals surface area (Å²) in [6, 6.07) is 11.7. The van der Waals surface area contributed by atoms with Crippen LogP contribution in [0.3, 0.4) is 0 Å². The molecule has 4 N–H and O–H groups in total. The first-order valence-electron chi connectivity index (χ1n) is 9.15. The molecule has 0 saturated heterocycles. The van der Waals surface area contributed by atoms with Gasteiger partial charge in [-0.3, -0.25) is 0 Å². The lowest BCUT2D eigenvalue weighted by molar-refractivity contribution is -0.274. The zero-order chi connectivity index (χ0) is 22.2. The van der Waals surface area contributed by atoms with Crippen molar-refractivity contribution >= 4 is 28.6 Å². The Balaban J connectivity index is 1.67. The Hall–Kier alpha value is -3.53. The van der Waals surface area contributed by atoms with Gasteiger partial charge in [-0.25, -0.2) is 9.78 Å². The summed E-state index contributed by atoms with van der Waals surface area (Å²) in [6.07, 6.45) is -4.77. The first-order chi connectivity index (χ1) is 14.7. The minimum atomic E-state index is -4.77. The average molecular weight is 446 g/mol. The molecule has 10 heteroatoms. The van der Waals surface area contributed by atoms with Gasteiger partial charge in [0.15, 0.2) is 0 Å². The predicted molar refractivity (Wildman–Crippen MR) is 112 cm³/mol. The smallest absolute Gasteiger partial charge is 0.406 e. The van der Waals surface area contributed by atoms with E-state index in [1.54, 1.807) is 19.1 Å². The maximum Gasteiger partial charge on any atom is 0.573 e. The number of benzene rings is 2. The van der Waals surface area contributed by atoms with Crippen LogP contribution in [0.4, 0.5) is 23.7 Å². The van der Waals surface area contributed by atoms with E-state index in [2.05, 4.69) is 15.4 Å². The van der Waals surface area contributed by atoms with E-state index in [0.29, 0.717) is 22.0 Å². The molecule has 4 rings (SSSR count). The van der Waals surface area contributed by atoms with Gasteiger partial charge in [0.25, 0.3) is 0 Å². The highest BCUT2D eigenvalue weighted by atomic mass is 32.1. The number of carbonyl (C=O) groups is 1. The number of allylic oxidation sites excluding steroid dienone is 1. The summed E-state index contributed by atoms with van der Waals surface area (Å²) < 4.78 is 41.2. The topological polar surface area (TPSA) is 89.3 Å². The van der Waals surface area contributed by atoms with E-state index in [1.165, 1.54) is 35.6 Å². The van der Waals surface area contributed by atoms with Gasteiger partial charge in [0.2, 0.25) is 0 Å². The van der Waals surface area contributed by atoms with Crippen LogP contribution in [0.5, 0.6) is 5.75 Å². The van der Waals surface area contributed by atoms with E-state index in [9.17, 15) is 18.0 Å². The van der Waals surface area contributed by atoms with Crippen LogP contribution in [0.25, 0.3) is 16.8 Å². The summed E-state index contributed by atoms with van der Waals surface area (Å²) in [6.45, 7) is 1.76. The Labute approximate surface area is 179 Å².